The molecule has 170 valence electrons. The van der Waals surface area contributed by atoms with Crippen LogP contribution in [0.3, 0.4) is 0 Å². The van der Waals surface area contributed by atoms with Crippen molar-refractivity contribution >= 4 is 51.0 Å². The van der Waals surface area contributed by atoms with Crippen molar-refractivity contribution in [2.24, 2.45) is 0 Å². The Labute approximate surface area is 200 Å². The first-order chi connectivity index (χ1) is 16.3. The number of nitrogens with zero attached hydrogens (tertiary/aromatic N) is 5. The maximum Gasteiger partial charge on any atom is 0.412 e. The SMILES string of the molecule is FC(F)(F)[C@H](Nc1ncnc2cccnc12)c1cc2cc(Cl)ccc2nc1-c1ccc(Cl)nc1. The van der Waals surface area contributed by atoms with Gasteiger partial charge >= 0.3 is 6.18 Å². The number of aromatic nitrogens is 5. The highest BCUT2D eigenvalue weighted by atomic mass is 35.5. The van der Waals surface area contributed by atoms with Crippen LogP contribution in [-0.4, -0.2) is 31.1 Å². The molecule has 0 saturated carbocycles. The van der Waals surface area contributed by atoms with Gasteiger partial charge in [0.25, 0.3) is 0 Å². The summed E-state index contributed by atoms with van der Waals surface area (Å²) in [6.45, 7) is 0. The zero-order chi connectivity index (χ0) is 23.9. The van der Waals surface area contributed by atoms with Gasteiger partial charge in [-0.05, 0) is 48.5 Å². The Hall–Kier alpha value is -3.56. The summed E-state index contributed by atoms with van der Waals surface area (Å²) in [5.74, 6) is -0.0562. The Balaban J connectivity index is 1.74. The van der Waals surface area contributed by atoms with E-state index in [0.29, 0.717) is 27.0 Å². The highest BCUT2D eigenvalue weighted by Crippen LogP contribution is 2.41. The monoisotopic (exact) mass is 500 g/mol. The second kappa shape index (κ2) is 8.66. The van der Waals surface area contributed by atoms with Gasteiger partial charge in [0.05, 0.1) is 16.7 Å². The fourth-order valence-electron chi connectivity index (χ4n) is 3.60. The maximum atomic E-state index is 14.5. The number of benzene rings is 1. The van der Waals surface area contributed by atoms with E-state index in [2.05, 4.69) is 30.2 Å². The zero-order valence-electron chi connectivity index (χ0n) is 17.1. The van der Waals surface area contributed by atoms with E-state index in [9.17, 15) is 13.2 Å². The van der Waals surface area contributed by atoms with Crippen molar-refractivity contribution in [2.45, 2.75) is 12.2 Å². The molecule has 5 rings (SSSR count). The topological polar surface area (TPSA) is 76.5 Å². The molecule has 0 saturated heterocycles. The highest BCUT2D eigenvalue weighted by molar-refractivity contribution is 6.31. The predicted octanol–water partition coefficient (Wildman–Crippen LogP) is 6.66. The van der Waals surface area contributed by atoms with Gasteiger partial charge in [-0.25, -0.2) is 19.9 Å². The van der Waals surface area contributed by atoms with Crippen LogP contribution in [-0.2, 0) is 0 Å². The molecule has 0 spiro atoms. The lowest BCUT2D eigenvalue weighted by Crippen LogP contribution is -2.29. The summed E-state index contributed by atoms with van der Waals surface area (Å²) in [6.07, 6.45) is -0.689. The van der Waals surface area contributed by atoms with Gasteiger partial charge in [-0.1, -0.05) is 23.2 Å². The van der Waals surface area contributed by atoms with Gasteiger partial charge in [-0.15, -0.1) is 0 Å². The van der Waals surface area contributed by atoms with E-state index >= 15 is 0 Å². The van der Waals surface area contributed by atoms with Crippen molar-refractivity contribution in [1.82, 2.24) is 24.9 Å². The molecule has 5 aromatic rings. The molecule has 0 aliphatic heterocycles. The molecule has 0 amide bonds. The molecule has 1 N–H and O–H groups in total. The molecule has 0 aliphatic rings. The average molecular weight is 501 g/mol. The lowest BCUT2D eigenvalue weighted by molar-refractivity contribution is -0.143. The molecule has 6 nitrogen and oxygen atoms in total. The molecule has 4 aromatic heterocycles. The van der Waals surface area contributed by atoms with E-state index in [4.69, 9.17) is 23.2 Å². The molecular formula is C23H13Cl2F3N6. The van der Waals surface area contributed by atoms with Crippen LogP contribution in [0.5, 0.6) is 0 Å². The second-order valence-corrected chi connectivity index (χ2v) is 8.17. The van der Waals surface area contributed by atoms with Crippen molar-refractivity contribution in [3.63, 3.8) is 0 Å². The Morgan fingerprint density at radius 1 is 0.882 bits per heavy atom. The van der Waals surface area contributed by atoms with E-state index in [-0.39, 0.29) is 27.7 Å². The number of halogens is 5. The molecule has 0 radical (unpaired) electrons. The lowest BCUT2D eigenvalue weighted by Gasteiger charge is -2.25. The number of pyridine rings is 3. The second-order valence-electron chi connectivity index (χ2n) is 7.35. The minimum atomic E-state index is -4.71. The molecule has 1 aromatic carbocycles. The Bertz CT molecular complexity index is 1500. The summed E-state index contributed by atoms with van der Waals surface area (Å²) >= 11 is 12.0. The van der Waals surface area contributed by atoms with Crippen molar-refractivity contribution in [3.05, 3.63) is 83.0 Å². The summed E-state index contributed by atoms with van der Waals surface area (Å²) in [7, 11) is 0. The minimum Gasteiger partial charge on any atom is -0.353 e. The van der Waals surface area contributed by atoms with E-state index in [0.717, 1.165) is 0 Å². The van der Waals surface area contributed by atoms with Crippen LogP contribution in [0, 0.1) is 0 Å². The van der Waals surface area contributed by atoms with Crippen LogP contribution >= 0.6 is 23.2 Å². The number of hydrogen-bond donors (Lipinski definition) is 1. The molecule has 34 heavy (non-hydrogen) atoms. The van der Waals surface area contributed by atoms with Crippen molar-refractivity contribution in [3.8, 4) is 11.3 Å². The third-order valence-electron chi connectivity index (χ3n) is 5.12. The quantitative estimate of drug-likeness (QED) is 0.278. The van der Waals surface area contributed by atoms with Crippen LogP contribution in [0.25, 0.3) is 33.2 Å². The normalized spacial score (nSPS) is 12.7. The summed E-state index contributed by atoms with van der Waals surface area (Å²) < 4.78 is 43.5. The molecule has 0 aliphatic carbocycles. The smallest absolute Gasteiger partial charge is 0.353 e. The van der Waals surface area contributed by atoms with E-state index in [1.807, 2.05) is 0 Å². The lowest BCUT2D eigenvalue weighted by atomic mass is 9.98. The largest absolute Gasteiger partial charge is 0.412 e. The van der Waals surface area contributed by atoms with Crippen LogP contribution in [0.4, 0.5) is 19.0 Å². The van der Waals surface area contributed by atoms with Gasteiger partial charge in [0, 0.05) is 33.9 Å². The first-order valence-corrected chi connectivity index (χ1v) is 10.7. The Kier molecular flexibility index (Phi) is 5.66. The number of hydrogen-bond acceptors (Lipinski definition) is 6. The van der Waals surface area contributed by atoms with Gasteiger partial charge in [0.15, 0.2) is 11.9 Å². The van der Waals surface area contributed by atoms with Crippen LogP contribution in [0.15, 0.2) is 67.3 Å². The standard InChI is InChI=1S/C23H13Cl2F3N6/c24-14-4-5-16-13(8-14)9-15(19(33-16)12-3-6-18(25)30-10-12)21(23(26,27)28)34-22-20-17(31-11-32-22)2-1-7-29-20/h1-11,21H,(H,31,32,34)/t21-/m1/s1. The first-order valence-electron chi connectivity index (χ1n) is 9.91. The predicted molar refractivity (Wildman–Crippen MR) is 125 cm³/mol. The number of rotatable bonds is 4. The van der Waals surface area contributed by atoms with Crippen LogP contribution < -0.4 is 5.32 Å². The highest BCUT2D eigenvalue weighted by Gasteiger charge is 2.43. The third kappa shape index (κ3) is 4.32. The van der Waals surface area contributed by atoms with Gasteiger partial charge in [0.2, 0.25) is 0 Å². The summed E-state index contributed by atoms with van der Waals surface area (Å²) in [4.78, 5) is 20.8. The van der Waals surface area contributed by atoms with Crippen molar-refractivity contribution in [2.75, 3.05) is 5.32 Å². The van der Waals surface area contributed by atoms with Crippen LogP contribution in [0.1, 0.15) is 11.6 Å². The fraction of sp³-hybridized carbons (Fsp3) is 0.0870. The Morgan fingerprint density at radius 3 is 2.50 bits per heavy atom. The van der Waals surface area contributed by atoms with Gasteiger partial charge in [-0.2, -0.15) is 13.2 Å². The molecule has 1 atom stereocenters. The molecule has 0 bridgehead atoms. The molecule has 0 fully saturated rings. The van der Waals surface area contributed by atoms with E-state index in [1.54, 1.807) is 36.4 Å². The Morgan fingerprint density at radius 2 is 1.74 bits per heavy atom. The van der Waals surface area contributed by atoms with Gasteiger partial charge in [0.1, 0.15) is 17.0 Å². The number of alkyl halides is 3. The number of fused-ring (bicyclic) bond motifs is 2. The van der Waals surface area contributed by atoms with Gasteiger partial charge in [-0.3, -0.25) is 4.98 Å². The van der Waals surface area contributed by atoms with E-state index < -0.39 is 12.2 Å². The molecule has 4 heterocycles. The van der Waals surface area contributed by atoms with Crippen molar-refractivity contribution < 1.29 is 13.2 Å². The molecule has 11 heteroatoms. The third-order valence-corrected chi connectivity index (χ3v) is 5.58. The zero-order valence-corrected chi connectivity index (χ0v) is 18.6. The summed E-state index contributed by atoms with van der Waals surface area (Å²) in [6, 6.07) is 10.4. The maximum absolute atomic E-state index is 14.5. The summed E-state index contributed by atoms with van der Waals surface area (Å²) in [5, 5.41) is 3.56. The number of anilines is 1. The van der Waals surface area contributed by atoms with Crippen molar-refractivity contribution in [1.29, 1.82) is 0 Å². The van der Waals surface area contributed by atoms with Crippen LogP contribution in [0.2, 0.25) is 10.2 Å². The number of nitrogens with one attached hydrogen (secondary N) is 1. The first kappa shape index (κ1) is 22.2. The molecular weight excluding hydrogens is 488 g/mol. The van der Waals surface area contributed by atoms with E-state index in [1.165, 1.54) is 30.9 Å². The molecule has 0 unspecified atom stereocenters. The average Bonchev–Trinajstić information content (AvgIpc) is 2.81. The minimum absolute atomic E-state index is 0.0562. The summed E-state index contributed by atoms with van der Waals surface area (Å²) in [5.41, 5.74) is 1.44. The van der Waals surface area contributed by atoms with Gasteiger partial charge < -0.3 is 5.32 Å². The fourth-order valence-corrected chi connectivity index (χ4v) is 3.89.